The first-order valence-corrected chi connectivity index (χ1v) is 12.0. The van der Waals surface area contributed by atoms with E-state index < -0.39 is 10.0 Å². The van der Waals surface area contributed by atoms with E-state index in [1.54, 1.807) is 6.07 Å². The lowest BCUT2D eigenvalue weighted by Crippen LogP contribution is -2.44. The summed E-state index contributed by atoms with van der Waals surface area (Å²) in [6.45, 7) is 0.919. The Kier molecular flexibility index (Phi) is 6.25. The standard InChI is InChI=1S/C21H22Cl2N2O4S/c22-17-5-3-6-18(23)20(17)30(27,28)25-10-8-14(9-11-25)21(26)24-13-16-12-15-4-1-2-7-19(15)29-16/h1-7,14,16H,8-13H2,(H,24,26). The van der Waals surface area contributed by atoms with Gasteiger partial charge >= 0.3 is 0 Å². The van der Waals surface area contributed by atoms with Crippen molar-refractivity contribution in [3.05, 3.63) is 58.1 Å². The highest BCUT2D eigenvalue weighted by molar-refractivity contribution is 7.89. The van der Waals surface area contributed by atoms with Crippen molar-refractivity contribution in [3.63, 3.8) is 0 Å². The minimum Gasteiger partial charge on any atom is -0.488 e. The van der Waals surface area contributed by atoms with Crippen LogP contribution in [0.15, 0.2) is 47.4 Å². The normalized spacial score (nSPS) is 19.9. The van der Waals surface area contributed by atoms with E-state index in [1.807, 2.05) is 24.3 Å². The van der Waals surface area contributed by atoms with Gasteiger partial charge in [0.05, 0.1) is 16.6 Å². The lowest BCUT2D eigenvalue weighted by molar-refractivity contribution is -0.126. The van der Waals surface area contributed by atoms with Gasteiger partial charge in [-0.25, -0.2) is 8.42 Å². The second-order valence-electron chi connectivity index (χ2n) is 7.53. The number of rotatable bonds is 5. The van der Waals surface area contributed by atoms with Gasteiger partial charge in [0, 0.05) is 25.4 Å². The molecule has 0 radical (unpaired) electrons. The van der Waals surface area contributed by atoms with E-state index in [0.717, 1.165) is 17.7 Å². The minimum absolute atomic E-state index is 0.0672. The molecule has 0 spiro atoms. The van der Waals surface area contributed by atoms with E-state index in [0.29, 0.717) is 19.4 Å². The topological polar surface area (TPSA) is 75.7 Å². The molecule has 30 heavy (non-hydrogen) atoms. The number of fused-ring (bicyclic) bond motifs is 1. The molecule has 2 aromatic carbocycles. The van der Waals surface area contributed by atoms with E-state index in [4.69, 9.17) is 27.9 Å². The van der Waals surface area contributed by atoms with Gasteiger partial charge in [-0.15, -0.1) is 0 Å². The maximum atomic E-state index is 13.0. The van der Waals surface area contributed by atoms with Gasteiger partial charge in [-0.3, -0.25) is 4.79 Å². The van der Waals surface area contributed by atoms with Gasteiger partial charge in [-0.05, 0) is 36.6 Å². The average molecular weight is 469 g/mol. The van der Waals surface area contributed by atoms with Crippen molar-refractivity contribution >= 4 is 39.1 Å². The summed E-state index contributed by atoms with van der Waals surface area (Å²) in [5.74, 6) is 0.567. The van der Waals surface area contributed by atoms with Crippen molar-refractivity contribution < 1.29 is 17.9 Å². The SMILES string of the molecule is O=C(NCC1Cc2ccccc2O1)C1CCN(S(=O)(=O)c2c(Cl)cccc2Cl)CC1. The van der Waals surface area contributed by atoms with Gasteiger partial charge in [-0.2, -0.15) is 4.31 Å². The van der Waals surface area contributed by atoms with Crippen LogP contribution < -0.4 is 10.1 Å². The van der Waals surface area contributed by atoms with Crippen LogP contribution in [-0.4, -0.2) is 44.4 Å². The molecule has 0 saturated carbocycles. The molecule has 2 heterocycles. The lowest BCUT2D eigenvalue weighted by Gasteiger charge is -2.31. The molecule has 1 fully saturated rings. The number of hydrogen-bond acceptors (Lipinski definition) is 4. The van der Waals surface area contributed by atoms with E-state index in [-0.39, 0.29) is 46.0 Å². The molecule has 1 amide bonds. The number of sulfonamides is 1. The summed E-state index contributed by atoms with van der Waals surface area (Å²) >= 11 is 12.2. The van der Waals surface area contributed by atoms with Crippen LogP contribution in [0, 0.1) is 5.92 Å². The van der Waals surface area contributed by atoms with Crippen LogP contribution in [0.1, 0.15) is 18.4 Å². The summed E-state index contributed by atoms with van der Waals surface area (Å²) < 4.78 is 33.1. The molecule has 2 aliphatic rings. The highest BCUT2D eigenvalue weighted by atomic mass is 35.5. The highest BCUT2D eigenvalue weighted by Crippen LogP contribution is 2.33. The first-order valence-electron chi connectivity index (χ1n) is 9.82. The van der Waals surface area contributed by atoms with Crippen molar-refractivity contribution in [3.8, 4) is 5.75 Å². The Bertz CT molecular complexity index is 1010. The minimum atomic E-state index is -3.81. The molecule has 160 valence electrons. The number of carbonyl (C=O) groups is 1. The maximum Gasteiger partial charge on any atom is 0.246 e. The largest absolute Gasteiger partial charge is 0.488 e. The number of para-hydroxylation sites is 1. The van der Waals surface area contributed by atoms with Crippen molar-refractivity contribution in [1.82, 2.24) is 9.62 Å². The molecule has 0 aromatic heterocycles. The summed E-state index contributed by atoms with van der Waals surface area (Å²) in [5, 5.41) is 3.15. The molecule has 1 unspecified atom stereocenters. The summed E-state index contributed by atoms with van der Waals surface area (Å²) in [6, 6.07) is 12.5. The Labute approximate surface area is 186 Å². The van der Waals surface area contributed by atoms with E-state index >= 15 is 0 Å². The quantitative estimate of drug-likeness (QED) is 0.728. The molecule has 9 heteroatoms. The maximum absolute atomic E-state index is 13.0. The van der Waals surface area contributed by atoms with Crippen molar-refractivity contribution in [2.24, 2.45) is 5.92 Å². The highest BCUT2D eigenvalue weighted by Gasteiger charge is 2.34. The fourth-order valence-corrected chi connectivity index (χ4v) is 6.50. The smallest absolute Gasteiger partial charge is 0.246 e. The molecule has 1 atom stereocenters. The Morgan fingerprint density at radius 1 is 1.07 bits per heavy atom. The zero-order chi connectivity index (χ0) is 21.3. The van der Waals surface area contributed by atoms with Gasteiger partial charge < -0.3 is 10.1 Å². The predicted octanol–water partition coefficient (Wildman–Crippen LogP) is 3.51. The summed E-state index contributed by atoms with van der Waals surface area (Å²) in [5.41, 5.74) is 1.15. The molecule has 2 aromatic rings. The van der Waals surface area contributed by atoms with Gasteiger partial charge in [0.2, 0.25) is 15.9 Å². The second-order valence-corrected chi connectivity index (χ2v) is 10.2. The first kappa shape index (κ1) is 21.4. The van der Waals surface area contributed by atoms with Gasteiger partial charge in [-0.1, -0.05) is 47.5 Å². The molecule has 0 bridgehead atoms. The molecule has 2 aliphatic heterocycles. The van der Waals surface area contributed by atoms with Gasteiger partial charge in [0.1, 0.15) is 16.7 Å². The fourth-order valence-electron chi connectivity index (χ4n) is 3.94. The number of ether oxygens (including phenoxy) is 1. The van der Waals surface area contributed by atoms with Crippen LogP contribution in [0.4, 0.5) is 0 Å². The third kappa shape index (κ3) is 4.30. The van der Waals surface area contributed by atoms with E-state index in [1.165, 1.54) is 16.4 Å². The van der Waals surface area contributed by atoms with Crippen LogP contribution in [0.5, 0.6) is 5.75 Å². The zero-order valence-electron chi connectivity index (χ0n) is 16.2. The van der Waals surface area contributed by atoms with E-state index in [2.05, 4.69) is 5.32 Å². The molecular weight excluding hydrogens is 447 g/mol. The first-order chi connectivity index (χ1) is 14.4. The molecular formula is C21H22Cl2N2O4S. The number of nitrogens with one attached hydrogen (secondary N) is 1. The Hall–Kier alpha value is -1.80. The Morgan fingerprint density at radius 2 is 1.73 bits per heavy atom. The van der Waals surface area contributed by atoms with Crippen molar-refractivity contribution in [2.75, 3.05) is 19.6 Å². The number of nitrogens with zero attached hydrogens (tertiary/aromatic N) is 1. The summed E-state index contributed by atoms with van der Waals surface area (Å²) in [6.07, 6.45) is 1.58. The van der Waals surface area contributed by atoms with Crippen LogP contribution in [0.25, 0.3) is 0 Å². The predicted molar refractivity (Wildman–Crippen MR) is 116 cm³/mol. The zero-order valence-corrected chi connectivity index (χ0v) is 18.5. The van der Waals surface area contributed by atoms with Gasteiger partial charge in [0.15, 0.2) is 0 Å². The summed E-state index contributed by atoms with van der Waals surface area (Å²) in [7, 11) is -3.81. The molecule has 6 nitrogen and oxygen atoms in total. The third-order valence-corrected chi connectivity index (χ3v) is 8.41. The summed E-state index contributed by atoms with van der Waals surface area (Å²) in [4.78, 5) is 12.5. The van der Waals surface area contributed by atoms with Crippen LogP contribution in [0.3, 0.4) is 0 Å². The molecule has 1 saturated heterocycles. The Morgan fingerprint density at radius 3 is 2.40 bits per heavy atom. The monoisotopic (exact) mass is 468 g/mol. The van der Waals surface area contributed by atoms with Gasteiger partial charge in [0.25, 0.3) is 0 Å². The number of amides is 1. The number of benzene rings is 2. The van der Waals surface area contributed by atoms with Crippen LogP contribution in [0.2, 0.25) is 10.0 Å². The van der Waals surface area contributed by atoms with Crippen LogP contribution >= 0.6 is 23.2 Å². The van der Waals surface area contributed by atoms with Crippen LogP contribution in [-0.2, 0) is 21.2 Å². The number of halogens is 2. The average Bonchev–Trinajstić information content (AvgIpc) is 3.15. The van der Waals surface area contributed by atoms with E-state index in [9.17, 15) is 13.2 Å². The third-order valence-electron chi connectivity index (χ3n) is 5.56. The fraction of sp³-hybridized carbons (Fsp3) is 0.381. The van der Waals surface area contributed by atoms with Crippen molar-refractivity contribution in [1.29, 1.82) is 0 Å². The van der Waals surface area contributed by atoms with Crippen molar-refractivity contribution in [2.45, 2.75) is 30.3 Å². The molecule has 0 aliphatic carbocycles. The number of hydrogen-bond donors (Lipinski definition) is 1. The second kappa shape index (κ2) is 8.75. The lowest BCUT2D eigenvalue weighted by atomic mass is 9.97. The number of piperidine rings is 1. The molecule has 1 N–H and O–H groups in total. The Balaban J connectivity index is 1.31. The molecule has 4 rings (SSSR count). The number of carbonyl (C=O) groups excluding carboxylic acids is 1.